The average molecular weight is 541 g/mol. The van der Waals surface area contributed by atoms with E-state index in [4.69, 9.17) is 26.7 Å². The zero-order valence-corrected chi connectivity index (χ0v) is 22.1. The third-order valence-corrected chi connectivity index (χ3v) is 7.22. The molecule has 0 atom stereocenters. The van der Waals surface area contributed by atoms with E-state index in [0.717, 1.165) is 28.1 Å². The Balaban J connectivity index is 1.35. The van der Waals surface area contributed by atoms with Crippen LogP contribution in [0.5, 0.6) is 0 Å². The number of rotatable bonds is 5. The van der Waals surface area contributed by atoms with Crippen LogP contribution in [-0.4, -0.2) is 56.7 Å². The fourth-order valence-corrected chi connectivity index (χ4v) is 5.08. The van der Waals surface area contributed by atoms with Crippen molar-refractivity contribution in [2.24, 2.45) is 0 Å². The van der Waals surface area contributed by atoms with Crippen LogP contribution in [0.2, 0.25) is 5.02 Å². The highest BCUT2D eigenvalue weighted by molar-refractivity contribution is 6.30. The Morgan fingerprint density at radius 2 is 1.59 bits per heavy atom. The summed E-state index contributed by atoms with van der Waals surface area (Å²) in [6.45, 7) is 4.30. The molecule has 0 saturated carbocycles. The normalized spacial score (nSPS) is 13.7. The summed E-state index contributed by atoms with van der Waals surface area (Å²) in [5, 5.41) is 6.23. The number of aromatic nitrogens is 4. The van der Waals surface area contributed by atoms with E-state index in [1.54, 1.807) is 41.1 Å². The highest BCUT2D eigenvalue weighted by Gasteiger charge is 2.27. The molecule has 2 aromatic heterocycles. The number of hydrogen-bond acceptors (Lipinski definition) is 5. The van der Waals surface area contributed by atoms with Crippen LogP contribution in [0.1, 0.15) is 27.4 Å². The Labute approximate surface area is 230 Å². The molecule has 1 amide bonds. The number of fused-ring (bicyclic) bond motifs is 1. The van der Waals surface area contributed by atoms with Crippen molar-refractivity contribution in [2.75, 3.05) is 31.1 Å². The Morgan fingerprint density at radius 1 is 0.897 bits per heavy atom. The Morgan fingerprint density at radius 3 is 2.28 bits per heavy atom. The summed E-state index contributed by atoms with van der Waals surface area (Å²) in [4.78, 5) is 27.1. The van der Waals surface area contributed by atoms with Crippen molar-refractivity contribution in [1.29, 1.82) is 0 Å². The van der Waals surface area contributed by atoms with Crippen LogP contribution in [0.15, 0.2) is 78.9 Å². The summed E-state index contributed by atoms with van der Waals surface area (Å²) in [5.41, 5.74) is 3.91. The Kier molecular flexibility index (Phi) is 6.70. The molecule has 1 aliphatic rings. The highest BCUT2D eigenvalue weighted by atomic mass is 35.5. The van der Waals surface area contributed by atoms with Crippen LogP contribution in [0, 0.1) is 12.7 Å². The van der Waals surface area contributed by atoms with Crippen molar-refractivity contribution in [1.82, 2.24) is 24.6 Å². The van der Waals surface area contributed by atoms with E-state index in [0.29, 0.717) is 54.7 Å². The number of halogens is 2. The van der Waals surface area contributed by atoms with Crippen LogP contribution < -0.4 is 4.90 Å². The summed E-state index contributed by atoms with van der Waals surface area (Å²) >= 11 is 5.99. The van der Waals surface area contributed by atoms with Gasteiger partial charge in [-0.1, -0.05) is 41.9 Å². The zero-order chi connectivity index (χ0) is 26.9. The molecule has 6 rings (SSSR count). The number of nitrogens with zero attached hydrogens (tertiary/aromatic N) is 6. The lowest BCUT2D eigenvalue weighted by Gasteiger charge is -2.35. The molecule has 0 N–H and O–H groups in total. The van der Waals surface area contributed by atoms with Gasteiger partial charge in [-0.25, -0.2) is 19.0 Å². The van der Waals surface area contributed by atoms with Gasteiger partial charge in [0.2, 0.25) is 0 Å². The van der Waals surface area contributed by atoms with Gasteiger partial charge in [-0.2, -0.15) is 5.10 Å². The second kappa shape index (κ2) is 10.5. The van der Waals surface area contributed by atoms with Crippen molar-refractivity contribution in [3.05, 3.63) is 112 Å². The van der Waals surface area contributed by atoms with E-state index < -0.39 is 0 Å². The van der Waals surface area contributed by atoms with E-state index in [9.17, 15) is 9.18 Å². The maximum absolute atomic E-state index is 13.7. The molecule has 1 saturated heterocycles. The van der Waals surface area contributed by atoms with Crippen LogP contribution in [0.4, 0.5) is 10.2 Å². The van der Waals surface area contributed by atoms with Crippen LogP contribution in [-0.2, 0) is 6.42 Å². The van der Waals surface area contributed by atoms with Gasteiger partial charge in [0.1, 0.15) is 17.5 Å². The van der Waals surface area contributed by atoms with E-state index in [-0.39, 0.29) is 11.7 Å². The first-order chi connectivity index (χ1) is 19.0. The number of carbonyl (C=O) groups excluding carboxylic acids is 1. The average Bonchev–Trinajstić information content (AvgIpc) is 3.30. The molecular weight excluding hydrogens is 515 g/mol. The van der Waals surface area contributed by atoms with Gasteiger partial charge in [0.25, 0.3) is 5.91 Å². The quantitative estimate of drug-likeness (QED) is 0.296. The second-order valence-electron chi connectivity index (χ2n) is 9.58. The molecule has 0 aliphatic carbocycles. The third kappa shape index (κ3) is 5.07. The van der Waals surface area contributed by atoms with Gasteiger partial charge in [-0.3, -0.25) is 4.79 Å². The first kappa shape index (κ1) is 25.0. The molecular formula is C30H26ClFN6O. The maximum atomic E-state index is 13.7. The number of hydrogen-bond donors (Lipinski definition) is 0. The Hall–Kier alpha value is -4.30. The summed E-state index contributed by atoms with van der Waals surface area (Å²) < 4.78 is 15.4. The van der Waals surface area contributed by atoms with Gasteiger partial charge in [-0.15, -0.1) is 0 Å². The number of benzene rings is 3. The highest BCUT2D eigenvalue weighted by Crippen LogP contribution is 2.30. The second-order valence-corrected chi connectivity index (χ2v) is 10.0. The van der Waals surface area contributed by atoms with Crippen LogP contribution in [0.25, 0.3) is 16.7 Å². The predicted octanol–water partition coefficient (Wildman–Crippen LogP) is 5.47. The van der Waals surface area contributed by atoms with Gasteiger partial charge in [-0.05, 0) is 61.0 Å². The van der Waals surface area contributed by atoms with Crippen molar-refractivity contribution in [3.8, 4) is 5.69 Å². The van der Waals surface area contributed by atoms with Crippen molar-refractivity contribution in [2.45, 2.75) is 13.3 Å². The largest absolute Gasteiger partial charge is 0.352 e. The SMILES string of the molecule is Cc1nn(-c2ccc(F)cc2)c2nc(Cc3ccccc3)nc(N3CCN(C(=O)c4ccc(Cl)cc4)CC3)c12. The van der Waals surface area contributed by atoms with Gasteiger partial charge < -0.3 is 9.80 Å². The van der Waals surface area contributed by atoms with Crippen molar-refractivity contribution >= 4 is 34.4 Å². The molecule has 1 fully saturated rings. The van der Waals surface area contributed by atoms with E-state index in [1.807, 2.05) is 30.0 Å². The smallest absolute Gasteiger partial charge is 0.253 e. The number of piperazine rings is 1. The first-order valence-electron chi connectivity index (χ1n) is 12.8. The fourth-order valence-electron chi connectivity index (χ4n) is 4.95. The van der Waals surface area contributed by atoms with Gasteiger partial charge in [0.15, 0.2) is 5.65 Å². The summed E-state index contributed by atoms with van der Waals surface area (Å²) in [7, 11) is 0. The molecule has 5 aromatic rings. The number of amides is 1. The van der Waals surface area contributed by atoms with Gasteiger partial charge >= 0.3 is 0 Å². The van der Waals surface area contributed by atoms with Gasteiger partial charge in [0.05, 0.1) is 16.8 Å². The van der Waals surface area contributed by atoms with Gasteiger partial charge in [0, 0.05) is 43.2 Å². The van der Waals surface area contributed by atoms with E-state index in [2.05, 4.69) is 17.0 Å². The molecule has 0 radical (unpaired) electrons. The molecule has 3 heterocycles. The van der Waals surface area contributed by atoms with Crippen LogP contribution >= 0.6 is 11.6 Å². The topological polar surface area (TPSA) is 67.2 Å². The standard InChI is InChI=1S/C30H26ClFN6O/c1-20-27-28(36-15-17-37(18-16-36)30(39)22-7-9-23(31)10-8-22)33-26(19-21-5-3-2-4-6-21)34-29(27)38(35-20)25-13-11-24(32)12-14-25/h2-14H,15-19H2,1H3. The molecule has 0 spiro atoms. The molecule has 0 bridgehead atoms. The first-order valence-corrected chi connectivity index (χ1v) is 13.2. The Bertz CT molecular complexity index is 1630. The third-order valence-electron chi connectivity index (χ3n) is 6.96. The summed E-state index contributed by atoms with van der Waals surface area (Å²) in [6, 6.07) is 23.3. The summed E-state index contributed by atoms with van der Waals surface area (Å²) in [5.74, 6) is 1.16. The molecule has 39 heavy (non-hydrogen) atoms. The minimum Gasteiger partial charge on any atom is -0.352 e. The lowest BCUT2D eigenvalue weighted by molar-refractivity contribution is 0.0746. The fraction of sp³-hybridized carbons (Fsp3) is 0.200. The van der Waals surface area contributed by atoms with Crippen LogP contribution in [0.3, 0.4) is 0 Å². The monoisotopic (exact) mass is 540 g/mol. The number of aryl methyl sites for hydroxylation is 1. The minimum atomic E-state index is -0.307. The molecule has 3 aromatic carbocycles. The molecule has 9 heteroatoms. The number of anilines is 1. The zero-order valence-electron chi connectivity index (χ0n) is 21.4. The predicted molar refractivity (Wildman–Crippen MR) is 150 cm³/mol. The molecule has 1 aliphatic heterocycles. The molecule has 196 valence electrons. The van der Waals surface area contributed by atoms with Crippen molar-refractivity contribution in [3.63, 3.8) is 0 Å². The molecule has 0 unspecified atom stereocenters. The number of carbonyl (C=O) groups is 1. The lowest BCUT2D eigenvalue weighted by atomic mass is 10.1. The van der Waals surface area contributed by atoms with Crippen molar-refractivity contribution < 1.29 is 9.18 Å². The van der Waals surface area contributed by atoms with E-state index in [1.165, 1.54) is 12.1 Å². The summed E-state index contributed by atoms with van der Waals surface area (Å²) in [6.07, 6.45) is 0.562. The van der Waals surface area contributed by atoms with E-state index >= 15 is 0 Å². The molecule has 7 nitrogen and oxygen atoms in total. The lowest BCUT2D eigenvalue weighted by Crippen LogP contribution is -2.49. The minimum absolute atomic E-state index is 0.00997. The maximum Gasteiger partial charge on any atom is 0.253 e.